The van der Waals surface area contributed by atoms with Crippen molar-refractivity contribution in [3.05, 3.63) is 206 Å². The summed E-state index contributed by atoms with van der Waals surface area (Å²) >= 11 is 41.0. The monoisotopic (exact) mass is 1370 g/mol. The van der Waals surface area contributed by atoms with Gasteiger partial charge in [0.15, 0.2) is 0 Å². The van der Waals surface area contributed by atoms with E-state index < -0.39 is 18.2 Å². The first-order valence-electron chi connectivity index (χ1n) is 35.2. The molecule has 0 saturated carbocycles. The largest absolute Gasteiger partial charge is 0.871 e. The molecule has 6 rings (SSSR count). The first-order valence-corrected chi connectivity index (χ1v) is 37.5. The Kier molecular flexibility index (Phi) is 37.0. The molecule has 92 heavy (non-hydrogen) atoms. The smallest absolute Gasteiger partial charge is 0.0787 e. The third-order valence-corrected chi connectivity index (χ3v) is 22.0. The van der Waals surface area contributed by atoms with Gasteiger partial charge in [0, 0.05) is 47.6 Å². The number of unbranched alkanes of at least 4 members (excludes halogenated alkanes) is 9. The number of rotatable bonds is 38. The molecule has 12 heteroatoms. The van der Waals surface area contributed by atoms with E-state index in [-0.39, 0.29) is 0 Å². The van der Waals surface area contributed by atoms with Gasteiger partial charge >= 0.3 is 0 Å². The van der Waals surface area contributed by atoms with Gasteiger partial charge in [0.2, 0.25) is 0 Å². The molecule has 0 amide bonds. The first-order chi connectivity index (χ1) is 44.0. The molecule has 6 aromatic carbocycles. The maximum absolute atomic E-state index is 9.78. The Balaban J connectivity index is 0.000000341. The van der Waals surface area contributed by atoms with Crippen LogP contribution in [-0.4, -0.2) is 75.3 Å². The van der Waals surface area contributed by atoms with Crippen LogP contribution in [0, 0.1) is 41.5 Å². The normalized spacial score (nSPS) is 12.0. The van der Waals surface area contributed by atoms with Gasteiger partial charge in [0.25, 0.3) is 0 Å². The van der Waals surface area contributed by atoms with Gasteiger partial charge < -0.3 is 23.7 Å². The molecule has 0 heterocycles. The predicted molar refractivity (Wildman–Crippen MR) is 400 cm³/mol. The van der Waals surface area contributed by atoms with Crippen LogP contribution in [0.15, 0.2) is 109 Å². The summed E-state index contributed by atoms with van der Waals surface area (Å²) in [5.74, 6) is 0. The van der Waals surface area contributed by atoms with Crippen molar-refractivity contribution >= 4 is 76.9 Å². The Bertz CT molecular complexity index is 2620. The summed E-state index contributed by atoms with van der Waals surface area (Å²) in [4.78, 5) is 0. The van der Waals surface area contributed by atoms with Crippen LogP contribution in [0.4, 0.5) is 0 Å². The molecule has 0 spiro atoms. The van der Waals surface area contributed by atoms with Gasteiger partial charge in [-0.25, -0.2) is 0 Å². The summed E-state index contributed by atoms with van der Waals surface area (Å²) < 4.78 is 6.73. The maximum Gasteiger partial charge on any atom is 0.0787 e. The molecule has 0 aliphatic heterocycles. The molecule has 0 aliphatic carbocycles. The standard InChI is InChI=1S/2C37H51Cl3N.C6H13BO3/c2*1-7-10-21-41(22-11-8-2,23-12-9-3)24-13-20-37(31-17-14-28(4)34(38)25-31,32-18-15-29(5)35(39)26-32)33-19-16-30(6)36(40)27-33;1-2-3-4-5-6-10-7(8)9/h2*14-19,25-27H,7-13,20-24H2,1-6H3;2-6H2,1H3/q2*+1;-2. The summed E-state index contributed by atoms with van der Waals surface area (Å²) in [5, 5.41) is 24.3. The van der Waals surface area contributed by atoms with E-state index in [1.165, 1.54) is 172 Å². The molecular formula is C80H115BCl6N2O3. The molecule has 0 fully saturated rings. The fourth-order valence-corrected chi connectivity index (χ4v) is 14.5. The topological polar surface area (TPSA) is 55.3 Å². The van der Waals surface area contributed by atoms with Gasteiger partial charge in [-0.1, -0.05) is 249 Å². The number of halogens is 6. The number of nitrogens with zero attached hydrogens (tertiary/aromatic N) is 2. The Hall–Kier alpha value is -3.08. The highest BCUT2D eigenvalue weighted by atomic mass is 35.5. The lowest BCUT2D eigenvalue weighted by Gasteiger charge is -2.42. The third-order valence-electron chi connectivity index (χ3n) is 19.5. The summed E-state index contributed by atoms with van der Waals surface area (Å²) in [6.45, 7) is 38.8. The number of quaternary nitrogens is 2. The molecule has 0 saturated heterocycles. The second-order valence-electron chi connectivity index (χ2n) is 26.6. The third kappa shape index (κ3) is 23.9. The molecule has 508 valence electrons. The van der Waals surface area contributed by atoms with E-state index in [2.05, 4.69) is 204 Å². The second kappa shape index (κ2) is 41.9. The number of hydrogen-bond donors (Lipinski definition) is 0. The molecule has 5 nitrogen and oxygen atoms in total. The molecule has 6 aromatic rings. The predicted octanol–water partition coefficient (Wildman–Crippen LogP) is 23.1. The first kappa shape index (κ1) is 81.4. The van der Waals surface area contributed by atoms with E-state index in [9.17, 15) is 10.0 Å². The quantitative estimate of drug-likeness (QED) is 0.0168. The highest BCUT2D eigenvalue weighted by molar-refractivity contribution is 6.33. The van der Waals surface area contributed by atoms with Gasteiger partial charge in [0.05, 0.1) is 59.7 Å². The zero-order valence-corrected chi connectivity index (χ0v) is 63.4. The van der Waals surface area contributed by atoms with E-state index in [4.69, 9.17) is 69.6 Å². The Labute approximate surface area is 590 Å². The molecular weight excluding hydrogens is 1260 g/mol. The molecule has 0 radical (unpaired) electrons. The molecule has 0 aliphatic rings. The zero-order chi connectivity index (χ0) is 67.9. The van der Waals surface area contributed by atoms with Gasteiger partial charge in [-0.15, -0.1) is 0 Å². The minimum absolute atomic E-state index is 0.317. The van der Waals surface area contributed by atoms with Crippen LogP contribution in [0.5, 0.6) is 0 Å². The average Bonchev–Trinajstić information content (AvgIpc) is 0.757. The van der Waals surface area contributed by atoms with Gasteiger partial charge in [0.1, 0.15) is 0 Å². The lowest BCUT2D eigenvalue weighted by molar-refractivity contribution is -0.929. The summed E-state index contributed by atoms with van der Waals surface area (Å²) in [6, 6.07) is 39.5. The van der Waals surface area contributed by atoms with Gasteiger partial charge in [-0.05, 0) is 215 Å². The van der Waals surface area contributed by atoms with E-state index in [0.29, 0.717) is 6.61 Å². The SMILES string of the molecule is CCCCCCOB([O-])[O-].CCCC[N+](CCCC)(CCCC)CCCC(c1ccc(C)c(Cl)c1)(c1ccc(C)c(Cl)c1)c1ccc(C)c(Cl)c1.CCCC[N+](CCCC)(CCCC)CCCC(c1ccc(C)c(Cl)c1)(c1ccc(C)c(Cl)c1)c1ccc(C)c(Cl)c1. The van der Waals surface area contributed by atoms with E-state index >= 15 is 0 Å². The lowest BCUT2D eigenvalue weighted by atomic mass is 9.66. The number of hydrogen-bond acceptors (Lipinski definition) is 3. The average molecular weight is 1380 g/mol. The van der Waals surface area contributed by atoms with Crippen molar-refractivity contribution in [2.45, 2.75) is 229 Å². The summed E-state index contributed by atoms with van der Waals surface area (Å²) in [7, 11) is -2.10. The molecule has 0 aromatic heterocycles. The van der Waals surface area contributed by atoms with Crippen LogP contribution in [0.25, 0.3) is 0 Å². The Morgan fingerprint density at radius 1 is 0.304 bits per heavy atom. The van der Waals surface area contributed by atoms with Crippen molar-refractivity contribution in [1.82, 2.24) is 0 Å². The minimum atomic E-state index is -2.10. The van der Waals surface area contributed by atoms with E-state index in [1.54, 1.807) is 0 Å². The van der Waals surface area contributed by atoms with Crippen molar-refractivity contribution in [1.29, 1.82) is 0 Å². The zero-order valence-electron chi connectivity index (χ0n) is 58.9. The minimum Gasteiger partial charge on any atom is -0.871 e. The van der Waals surface area contributed by atoms with Crippen LogP contribution >= 0.6 is 69.6 Å². The highest BCUT2D eigenvalue weighted by Crippen LogP contribution is 2.48. The number of aryl methyl sites for hydroxylation is 6. The highest BCUT2D eigenvalue weighted by Gasteiger charge is 2.41. The van der Waals surface area contributed by atoms with Crippen molar-refractivity contribution in [3.63, 3.8) is 0 Å². The fraction of sp³-hybridized carbons (Fsp3) is 0.550. The van der Waals surface area contributed by atoms with Crippen molar-refractivity contribution in [3.8, 4) is 0 Å². The van der Waals surface area contributed by atoms with Crippen LogP contribution < -0.4 is 10.0 Å². The second-order valence-corrected chi connectivity index (χ2v) is 29.1. The molecule has 0 atom stereocenters. The molecule has 0 bridgehead atoms. The Morgan fingerprint density at radius 2 is 0.511 bits per heavy atom. The summed E-state index contributed by atoms with van der Waals surface area (Å²) in [5.41, 5.74) is 12.8. The van der Waals surface area contributed by atoms with Crippen molar-refractivity contribution < 1.29 is 23.7 Å². The van der Waals surface area contributed by atoms with Gasteiger partial charge in [-0.3, -0.25) is 0 Å². The summed E-state index contributed by atoms with van der Waals surface area (Å²) in [6.07, 6.45) is 23.4. The van der Waals surface area contributed by atoms with Crippen LogP contribution in [0.1, 0.15) is 244 Å². The van der Waals surface area contributed by atoms with Crippen LogP contribution in [-0.2, 0) is 15.5 Å². The van der Waals surface area contributed by atoms with Gasteiger partial charge in [-0.2, -0.15) is 0 Å². The fourth-order valence-electron chi connectivity index (χ4n) is 13.4. The maximum atomic E-state index is 9.78. The van der Waals surface area contributed by atoms with Crippen molar-refractivity contribution in [2.75, 3.05) is 59.0 Å². The van der Waals surface area contributed by atoms with Crippen LogP contribution in [0.2, 0.25) is 30.1 Å². The molecule has 0 unspecified atom stereocenters. The van der Waals surface area contributed by atoms with Crippen LogP contribution in [0.3, 0.4) is 0 Å². The number of benzene rings is 6. The lowest BCUT2D eigenvalue weighted by Crippen LogP contribution is -2.51. The molecule has 0 N–H and O–H groups in total. The van der Waals surface area contributed by atoms with Crippen molar-refractivity contribution in [2.24, 2.45) is 0 Å². The van der Waals surface area contributed by atoms with E-state index in [0.717, 1.165) is 115 Å². The Morgan fingerprint density at radius 3 is 0.696 bits per heavy atom. The van der Waals surface area contributed by atoms with E-state index in [1.807, 2.05) is 0 Å².